The van der Waals surface area contributed by atoms with Gasteiger partial charge in [0.05, 0.1) is 0 Å². The Kier molecular flexibility index (Phi) is 3.81. The molecule has 4 rings (SSSR count). The molecule has 2 aliphatic rings. The average molecular weight is 314 g/mol. The lowest BCUT2D eigenvalue weighted by Crippen LogP contribution is -2.42. The molecule has 114 valence electrons. The largest absolute Gasteiger partial charge is 0.490 e. The Morgan fingerprint density at radius 1 is 0.955 bits per heavy atom. The fourth-order valence-corrected chi connectivity index (χ4v) is 3.94. The zero-order valence-corrected chi connectivity index (χ0v) is 13.2. The lowest BCUT2D eigenvalue weighted by Gasteiger charge is -2.29. The first-order chi connectivity index (χ1) is 10.8. The molecule has 0 saturated carbocycles. The van der Waals surface area contributed by atoms with E-state index >= 15 is 0 Å². The number of hydrogen-bond acceptors (Lipinski definition) is 2. The van der Waals surface area contributed by atoms with Crippen molar-refractivity contribution >= 4 is 11.6 Å². The molecule has 2 heterocycles. The Morgan fingerprint density at radius 2 is 1.68 bits per heavy atom. The number of piperidine rings is 1. The molecule has 2 bridgehead atoms. The smallest absolute Gasteiger partial charge is 0.120 e. The third-order valence-electron chi connectivity index (χ3n) is 4.76. The minimum absolute atomic E-state index is 0.323. The van der Waals surface area contributed by atoms with Crippen LogP contribution in [0.25, 0.3) is 11.1 Å². The first kappa shape index (κ1) is 14.1. The molecule has 0 radical (unpaired) electrons. The molecule has 2 nitrogen and oxygen atoms in total. The van der Waals surface area contributed by atoms with Crippen LogP contribution in [0.4, 0.5) is 0 Å². The van der Waals surface area contributed by atoms with Gasteiger partial charge in [-0.2, -0.15) is 0 Å². The van der Waals surface area contributed by atoms with Crippen LogP contribution in [0.3, 0.4) is 0 Å². The van der Waals surface area contributed by atoms with Gasteiger partial charge in [0.2, 0.25) is 0 Å². The summed E-state index contributed by atoms with van der Waals surface area (Å²) < 4.78 is 6.25. The van der Waals surface area contributed by atoms with Crippen molar-refractivity contribution in [2.75, 3.05) is 0 Å². The molecule has 22 heavy (non-hydrogen) atoms. The second kappa shape index (κ2) is 5.94. The fraction of sp³-hybridized carbons (Fsp3) is 0.368. The lowest BCUT2D eigenvalue weighted by molar-refractivity contribution is 0.137. The molecule has 3 heteroatoms. The summed E-state index contributed by atoms with van der Waals surface area (Å²) in [5, 5.41) is 4.42. The Labute approximate surface area is 136 Å². The van der Waals surface area contributed by atoms with Crippen molar-refractivity contribution < 1.29 is 4.74 Å². The highest BCUT2D eigenvalue weighted by Crippen LogP contribution is 2.34. The maximum Gasteiger partial charge on any atom is 0.120 e. The summed E-state index contributed by atoms with van der Waals surface area (Å²) >= 11 is 6.36. The van der Waals surface area contributed by atoms with Crippen molar-refractivity contribution in [1.82, 2.24) is 5.32 Å². The van der Waals surface area contributed by atoms with Gasteiger partial charge in [-0.05, 0) is 49.4 Å². The topological polar surface area (TPSA) is 21.3 Å². The van der Waals surface area contributed by atoms with Crippen LogP contribution in [0.5, 0.6) is 5.75 Å². The first-order valence-electron chi connectivity index (χ1n) is 8.05. The maximum absolute atomic E-state index is 6.36. The molecular weight excluding hydrogens is 294 g/mol. The number of benzene rings is 2. The number of ether oxygens (including phenoxy) is 1. The van der Waals surface area contributed by atoms with E-state index in [2.05, 4.69) is 23.5 Å². The van der Waals surface area contributed by atoms with Gasteiger partial charge in [-0.1, -0.05) is 41.9 Å². The summed E-state index contributed by atoms with van der Waals surface area (Å²) in [4.78, 5) is 0. The molecule has 2 fully saturated rings. The second-order valence-corrected chi connectivity index (χ2v) is 6.76. The normalized spacial score (nSPS) is 26.9. The molecule has 1 N–H and O–H groups in total. The van der Waals surface area contributed by atoms with E-state index in [1.807, 2.05) is 30.3 Å². The van der Waals surface area contributed by atoms with Crippen molar-refractivity contribution in [3.05, 3.63) is 53.6 Å². The molecule has 2 unspecified atom stereocenters. The number of halogens is 1. The molecule has 0 spiro atoms. The molecule has 2 saturated heterocycles. The Morgan fingerprint density at radius 3 is 2.41 bits per heavy atom. The van der Waals surface area contributed by atoms with E-state index in [-0.39, 0.29) is 0 Å². The minimum atomic E-state index is 0.323. The SMILES string of the molecule is Clc1ccc(OC2CC3CCC(C2)N3)cc1-c1ccccc1. The van der Waals surface area contributed by atoms with Gasteiger partial charge >= 0.3 is 0 Å². The Bertz CT molecular complexity index is 646. The van der Waals surface area contributed by atoms with Crippen LogP contribution < -0.4 is 10.1 Å². The van der Waals surface area contributed by atoms with Crippen LogP contribution in [-0.2, 0) is 0 Å². The number of fused-ring (bicyclic) bond motifs is 2. The Hall–Kier alpha value is -1.51. The quantitative estimate of drug-likeness (QED) is 0.889. The van der Waals surface area contributed by atoms with Crippen molar-refractivity contribution in [2.45, 2.75) is 43.9 Å². The summed E-state index contributed by atoms with van der Waals surface area (Å²) in [6, 6.07) is 17.5. The molecule has 2 aromatic rings. The highest BCUT2D eigenvalue weighted by molar-refractivity contribution is 6.33. The zero-order valence-electron chi connectivity index (χ0n) is 12.5. The van der Waals surface area contributed by atoms with Gasteiger partial charge in [-0.3, -0.25) is 0 Å². The number of rotatable bonds is 3. The van der Waals surface area contributed by atoms with E-state index in [0.717, 1.165) is 34.7 Å². The maximum atomic E-state index is 6.36. The van der Waals surface area contributed by atoms with E-state index < -0.39 is 0 Å². The molecule has 0 amide bonds. The van der Waals surface area contributed by atoms with E-state index in [1.165, 1.54) is 12.8 Å². The fourth-order valence-electron chi connectivity index (χ4n) is 3.71. The van der Waals surface area contributed by atoms with E-state index in [0.29, 0.717) is 18.2 Å². The van der Waals surface area contributed by atoms with Gasteiger partial charge in [-0.15, -0.1) is 0 Å². The number of hydrogen-bond donors (Lipinski definition) is 1. The van der Waals surface area contributed by atoms with Crippen LogP contribution in [0.2, 0.25) is 5.02 Å². The third kappa shape index (κ3) is 2.86. The molecule has 2 aliphatic heterocycles. The summed E-state index contributed by atoms with van der Waals surface area (Å²) in [6.45, 7) is 0. The summed E-state index contributed by atoms with van der Waals surface area (Å²) in [5.41, 5.74) is 2.17. The van der Waals surface area contributed by atoms with E-state index in [9.17, 15) is 0 Å². The van der Waals surface area contributed by atoms with Crippen LogP contribution >= 0.6 is 11.6 Å². The van der Waals surface area contributed by atoms with Gasteiger partial charge in [0.25, 0.3) is 0 Å². The summed E-state index contributed by atoms with van der Waals surface area (Å²) in [5.74, 6) is 0.926. The van der Waals surface area contributed by atoms with Gasteiger partial charge in [0.1, 0.15) is 11.9 Å². The van der Waals surface area contributed by atoms with E-state index in [1.54, 1.807) is 0 Å². The summed E-state index contributed by atoms with van der Waals surface area (Å²) in [7, 11) is 0. The molecule has 2 aromatic carbocycles. The molecule has 0 aromatic heterocycles. The van der Waals surface area contributed by atoms with Crippen molar-refractivity contribution in [3.63, 3.8) is 0 Å². The van der Waals surface area contributed by atoms with Gasteiger partial charge < -0.3 is 10.1 Å². The van der Waals surface area contributed by atoms with Crippen molar-refractivity contribution in [2.24, 2.45) is 0 Å². The number of nitrogens with one attached hydrogen (secondary N) is 1. The van der Waals surface area contributed by atoms with Gasteiger partial charge in [0, 0.05) is 22.7 Å². The van der Waals surface area contributed by atoms with Gasteiger partial charge in [0.15, 0.2) is 0 Å². The summed E-state index contributed by atoms with van der Waals surface area (Å²) in [6.07, 6.45) is 5.13. The average Bonchev–Trinajstić information content (AvgIpc) is 2.89. The van der Waals surface area contributed by atoms with Crippen LogP contribution in [-0.4, -0.2) is 18.2 Å². The standard InChI is InChI=1S/C19H20ClNO/c20-19-9-8-16(12-18(19)13-4-2-1-3-5-13)22-17-10-14-6-7-15(11-17)21-14/h1-5,8-9,12,14-15,17,21H,6-7,10-11H2. The molecule has 2 atom stereocenters. The first-order valence-corrected chi connectivity index (χ1v) is 8.43. The van der Waals surface area contributed by atoms with Crippen LogP contribution in [0, 0.1) is 0 Å². The van der Waals surface area contributed by atoms with Crippen molar-refractivity contribution in [1.29, 1.82) is 0 Å². The lowest BCUT2D eigenvalue weighted by atomic mass is 10.0. The predicted octanol–water partition coefficient (Wildman–Crippen LogP) is 4.67. The molecular formula is C19H20ClNO. The second-order valence-electron chi connectivity index (χ2n) is 6.36. The minimum Gasteiger partial charge on any atom is -0.490 e. The highest BCUT2D eigenvalue weighted by Gasteiger charge is 2.34. The zero-order chi connectivity index (χ0) is 14.9. The molecule has 0 aliphatic carbocycles. The van der Waals surface area contributed by atoms with Crippen LogP contribution in [0.15, 0.2) is 48.5 Å². The van der Waals surface area contributed by atoms with Crippen molar-refractivity contribution in [3.8, 4) is 16.9 Å². The van der Waals surface area contributed by atoms with Crippen LogP contribution in [0.1, 0.15) is 25.7 Å². The third-order valence-corrected chi connectivity index (χ3v) is 5.08. The highest BCUT2D eigenvalue weighted by atomic mass is 35.5. The predicted molar refractivity (Wildman–Crippen MR) is 90.5 cm³/mol. The Balaban J connectivity index is 1.55. The van der Waals surface area contributed by atoms with E-state index in [4.69, 9.17) is 16.3 Å². The monoisotopic (exact) mass is 313 g/mol. The van der Waals surface area contributed by atoms with Gasteiger partial charge in [-0.25, -0.2) is 0 Å².